The van der Waals surface area contributed by atoms with E-state index in [1.807, 2.05) is 51.1 Å². The molecule has 1 aromatic carbocycles. The second-order valence-corrected chi connectivity index (χ2v) is 9.39. The van der Waals surface area contributed by atoms with Crippen LogP contribution in [-0.2, 0) is 15.4 Å². The summed E-state index contributed by atoms with van der Waals surface area (Å²) in [5.74, 6) is 0. The van der Waals surface area contributed by atoms with Crippen molar-refractivity contribution in [1.82, 2.24) is 19.4 Å². The summed E-state index contributed by atoms with van der Waals surface area (Å²) in [6, 6.07) is 9.56. The van der Waals surface area contributed by atoms with Gasteiger partial charge in [0.15, 0.2) is 0 Å². The highest BCUT2D eigenvalue weighted by Crippen LogP contribution is 2.28. The molecular weight excluding hydrogens is 360 g/mol. The Balaban J connectivity index is 2.23. The molecule has 0 saturated carbocycles. The first-order valence-electron chi connectivity index (χ1n) is 9.56. The molecule has 7 heteroatoms. The van der Waals surface area contributed by atoms with E-state index in [-0.39, 0.29) is 10.3 Å². The molecule has 0 fully saturated rings. The van der Waals surface area contributed by atoms with Crippen molar-refractivity contribution in [1.29, 1.82) is 0 Å². The first-order valence-corrected chi connectivity index (χ1v) is 11.0. The van der Waals surface area contributed by atoms with Crippen LogP contribution in [0.5, 0.6) is 0 Å². The van der Waals surface area contributed by atoms with E-state index >= 15 is 0 Å². The number of sulfonamides is 1. The van der Waals surface area contributed by atoms with Crippen molar-refractivity contribution < 1.29 is 8.42 Å². The molecule has 0 aliphatic carbocycles. The zero-order chi connectivity index (χ0) is 20.1. The molecule has 0 amide bonds. The Morgan fingerprint density at radius 2 is 1.74 bits per heavy atom. The van der Waals surface area contributed by atoms with Gasteiger partial charge in [0.2, 0.25) is 10.0 Å². The molecule has 1 aromatic heterocycles. The van der Waals surface area contributed by atoms with Gasteiger partial charge < -0.3 is 4.90 Å². The number of para-hydroxylation sites is 1. The molecule has 0 atom stereocenters. The van der Waals surface area contributed by atoms with Gasteiger partial charge >= 0.3 is 0 Å². The van der Waals surface area contributed by atoms with Gasteiger partial charge in [-0.2, -0.15) is 5.10 Å². The average Bonchev–Trinajstić information content (AvgIpc) is 3.09. The quantitative estimate of drug-likeness (QED) is 0.666. The maximum absolute atomic E-state index is 13.0. The van der Waals surface area contributed by atoms with Gasteiger partial charge in [0.1, 0.15) is 4.90 Å². The fourth-order valence-corrected chi connectivity index (χ4v) is 4.32. The third-order valence-corrected chi connectivity index (χ3v) is 6.00. The highest BCUT2D eigenvalue weighted by atomic mass is 32.2. The van der Waals surface area contributed by atoms with E-state index in [0.717, 1.165) is 31.7 Å². The van der Waals surface area contributed by atoms with Crippen LogP contribution < -0.4 is 4.72 Å². The molecule has 2 rings (SSSR count). The van der Waals surface area contributed by atoms with Crippen molar-refractivity contribution in [3.8, 4) is 5.69 Å². The van der Waals surface area contributed by atoms with Gasteiger partial charge in [0, 0.05) is 12.0 Å². The van der Waals surface area contributed by atoms with E-state index in [4.69, 9.17) is 0 Å². The normalized spacial score (nSPS) is 12.7. The van der Waals surface area contributed by atoms with Crippen molar-refractivity contribution in [2.24, 2.45) is 0 Å². The van der Waals surface area contributed by atoms with Crippen molar-refractivity contribution in [2.75, 3.05) is 26.2 Å². The van der Waals surface area contributed by atoms with Gasteiger partial charge in [-0.3, -0.25) is 0 Å². The zero-order valence-electron chi connectivity index (χ0n) is 17.1. The van der Waals surface area contributed by atoms with E-state index in [2.05, 4.69) is 28.6 Å². The zero-order valence-corrected chi connectivity index (χ0v) is 17.9. The monoisotopic (exact) mass is 392 g/mol. The van der Waals surface area contributed by atoms with E-state index in [9.17, 15) is 8.42 Å². The lowest BCUT2D eigenvalue weighted by molar-refractivity contribution is 0.300. The number of rotatable bonds is 9. The van der Waals surface area contributed by atoms with Gasteiger partial charge in [-0.05, 0) is 38.2 Å². The van der Waals surface area contributed by atoms with Crippen LogP contribution in [0.3, 0.4) is 0 Å². The summed E-state index contributed by atoms with van der Waals surface area (Å²) in [4.78, 5) is 2.53. The Bertz CT molecular complexity index is 819. The Labute approximate surface area is 163 Å². The molecule has 1 heterocycles. The van der Waals surface area contributed by atoms with Gasteiger partial charge in [-0.1, -0.05) is 52.8 Å². The fraction of sp³-hybridized carbons (Fsp3) is 0.550. The second kappa shape index (κ2) is 8.99. The molecule has 6 nitrogen and oxygen atoms in total. The SMILES string of the molecule is CCN(CC)CCCNS(=O)(=O)c1cn(-c2ccccc2)nc1C(C)(C)C. The largest absolute Gasteiger partial charge is 0.304 e. The smallest absolute Gasteiger partial charge is 0.244 e. The van der Waals surface area contributed by atoms with Gasteiger partial charge in [0.25, 0.3) is 0 Å². The van der Waals surface area contributed by atoms with E-state index < -0.39 is 10.0 Å². The van der Waals surface area contributed by atoms with Crippen molar-refractivity contribution >= 4 is 10.0 Å². The molecule has 27 heavy (non-hydrogen) atoms. The van der Waals surface area contributed by atoms with Crippen molar-refractivity contribution in [3.63, 3.8) is 0 Å². The molecular formula is C20H32N4O2S. The number of nitrogens with zero attached hydrogens (tertiary/aromatic N) is 3. The topological polar surface area (TPSA) is 67.2 Å². The van der Waals surface area contributed by atoms with Gasteiger partial charge in [0.05, 0.1) is 17.6 Å². The number of aromatic nitrogens is 2. The molecule has 2 aromatic rings. The summed E-state index contributed by atoms with van der Waals surface area (Å²) in [6.45, 7) is 13.4. The van der Waals surface area contributed by atoms with Crippen LogP contribution in [0.1, 0.15) is 46.7 Å². The van der Waals surface area contributed by atoms with Gasteiger partial charge in [-0.25, -0.2) is 17.8 Å². The molecule has 0 aliphatic rings. The first kappa shape index (κ1) is 21.6. The Morgan fingerprint density at radius 3 is 2.30 bits per heavy atom. The van der Waals surface area contributed by atoms with Crippen LogP contribution in [0.15, 0.2) is 41.4 Å². The molecule has 0 bridgehead atoms. The highest BCUT2D eigenvalue weighted by Gasteiger charge is 2.30. The number of hydrogen-bond acceptors (Lipinski definition) is 4. The third-order valence-electron chi connectivity index (χ3n) is 4.54. The van der Waals surface area contributed by atoms with Crippen LogP contribution in [-0.4, -0.2) is 49.3 Å². The van der Waals surface area contributed by atoms with Crippen LogP contribution in [0.4, 0.5) is 0 Å². The number of hydrogen-bond donors (Lipinski definition) is 1. The van der Waals surface area contributed by atoms with Crippen molar-refractivity contribution in [3.05, 3.63) is 42.2 Å². The Kier molecular flexibility index (Phi) is 7.19. The minimum absolute atomic E-state index is 0.252. The van der Waals surface area contributed by atoms with Gasteiger partial charge in [-0.15, -0.1) is 0 Å². The molecule has 1 N–H and O–H groups in total. The molecule has 0 unspecified atom stereocenters. The molecule has 0 aliphatic heterocycles. The lowest BCUT2D eigenvalue weighted by atomic mass is 9.92. The summed E-state index contributed by atoms with van der Waals surface area (Å²) in [7, 11) is -3.62. The summed E-state index contributed by atoms with van der Waals surface area (Å²) in [6.07, 6.45) is 2.39. The summed E-state index contributed by atoms with van der Waals surface area (Å²) < 4.78 is 30.3. The molecule has 0 spiro atoms. The summed E-state index contributed by atoms with van der Waals surface area (Å²) >= 11 is 0. The maximum Gasteiger partial charge on any atom is 0.244 e. The van der Waals surface area contributed by atoms with E-state index in [0.29, 0.717) is 12.2 Å². The minimum atomic E-state index is -3.62. The van der Waals surface area contributed by atoms with Crippen molar-refractivity contribution in [2.45, 2.75) is 51.3 Å². The van der Waals surface area contributed by atoms with Crippen LogP contribution in [0, 0.1) is 0 Å². The van der Waals surface area contributed by atoms with Crippen LogP contribution in [0.2, 0.25) is 0 Å². The minimum Gasteiger partial charge on any atom is -0.304 e. The second-order valence-electron chi connectivity index (χ2n) is 7.65. The lowest BCUT2D eigenvalue weighted by Gasteiger charge is -2.19. The Hall–Kier alpha value is -1.70. The number of nitrogens with one attached hydrogen (secondary N) is 1. The lowest BCUT2D eigenvalue weighted by Crippen LogP contribution is -2.31. The molecule has 150 valence electrons. The van der Waals surface area contributed by atoms with Crippen LogP contribution in [0.25, 0.3) is 5.69 Å². The summed E-state index contributed by atoms with van der Waals surface area (Å²) in [5, 5.41) is 4.59. The number of benzene rings is 1. The fourth-order valence-electron chi connectivity index (χ4n) is 2.91. The molecule has 0 saturated heterocycles. The predicted molar refractivity (Wildman–Crippen MR) is 110 cm³/mol. The van der Waals surface area contributed by atoms with E-state index in [1.165, 1.54) is 0 Å². The molecule has 0 radical (unpaired) electrons. The van der Waals surface area contributed by atoms with E-state index in [1.54, 1.807) is 10.9 Å². The first-order chi connectivity index (χ1) is 12.7. The van der Waals surface area contributed by atoms with Crippen LogP contribution >= 0.6 is 0 Å². The standard InChI is InChI=1S/C20H32N4O2S/c1-6-23(7-2)15-11-14-21-27(25,26)18-16-24(17-12-9-8-10-13-17)22-19(18)20(3,4)5/h8-10,12-13,16,21H,6-7,11,14-15H2,1-5H3. The average molecular weight is 393 g/mol. The predicted octanol–water partition coefficient (Wildman–Crippen LogP) is 3.18. The summed E-state index contributed by atoms with van der Waals surface area (Å²) in [5.41, 5.74) is 1.03. The Morgan fingerprint density at radius 1 is 1.11 bits per heavy atom. The maximum atomic E-state index is 13.0. The highest BCUT2D eigenvalue weighted by molar-refractivity contribution is 7.89. The third kappa shape index (κ3) is 5.64.